The number of rotatable bonds is 7. The quantitative estimate of drug-likeness (QED) is 0.341. The van der Waals surface area contributed by atoms with Crippen molar-refractivity contribution in [1.82, 2.24) is 9.55 Å². The molecule has 2 aliphatic rings. The summed E-state index contributed by atoms with van der Waals surface area (Å²) < 4.78 is 13.2. The molecule has 33 heavy (non-hydrogen) atoms. The van der Waals surface area contributed by atoms with E-state index >= 15 is 0 Å². The Morgan fingerprint density at radius 3 is 2.85 bits per heavy atom. The van der Waals surface area contributed by atoms with Gasteiger partial charge in [-0.15, -0.1) is 0 Å². The van der Waals surface area contributed by atoms with Crippen LogP contribution in [0.4, 0.5) is 0 Å². The summed E-state index contributed by atoms with van der Waals surface area (Å²) in [4.78, 5) is 42.0. The summed E-state index contributed by atoms with van der Waals surface area (Å²) in [7, 11) is 0. The number of nitrogens with zero attached hydrogens (tertiary/aromatic N) is 2. The number of carbonyl (C=O) groups excluding carboxylic acids is 1. The highest BCUT2D eigenvalue weighted by atomic mass is 16.6. The highest BCUT2D eigenvalue weighted by Crippen LogP contribution is 2.40. The van der Waals surface area contributed by atoms with Crippen LogP contribution >= 0.6 is 0 Å². The van der Waals surface area contributed by atoms with Gasteiger partial charge < -0.3 is 19.1 Å². The summed E-state index contributed by atoms with van der Waals surface area (Å²) in [6.45, 7) is 2.33. The largest absolute Gasteiger partial charge is 0.481 e. The molecule has 5 rings (SSSR count). The predicted molar refractivity (Wildman–Crippen MR) is 120 cm³/mol. The number of pyridine rings is 2. The molecular formula is C25H24N2O6. The molecule has 0 amide bonds. The second kappa shape index (κ2) is 8.12. The average Bonchev–Trinajstić information content (AvgIpc) is 3.16. The van der Waals surface area contributed by atoms with Crippen molar-refractivity contribution in [3.05, 3.63) is 63.4 Å². The van der Waals surface area contributed by atoms with Gasteiger partial charge in [-0.25, -0.2) is 9.78 Å². The SMILES string of the molecule is CC[C@@]1(OCCCCC(=O)O)C(=O)OCc2c1cc1n(c2=O)Cc2cc3ccccc3nc2-1. The van der Waals surface area contributed by atoms with Crippen LogP contribution in [0.3, 0.4) is 0 Å². The van der Waals surface area contributed by atoms with E-state index in [0.717, 1.165) is 22.2 Å². The fraction of sp³-hybridized carbons (Fsp3) is 0.360. The lowest BCUT2D eigenvalue weighted by Gasteiger charge is -2.36. The third-order valence-electron chi connectivity index (χ3n) is 6.52. The number of para-hydroxylation sites is 1. The number of hydrogen-bond acceptors (Lipinski definition) is 6. The number of carbonyl (C=O) groups is 2. The zero-order valence-corrected chi connectivity index (χ0v) is 18.3. The van der Waals surface area contributed by atoms with Crippen LogP contribution in [0, 0.1) is 0 Å². The van der Waals surface area contributed by atoms with Crippen LogP contribution in [-0.4, -0.2) is 33.2 Å². The van der Waals surface area contributed by atoms with Crippen molar-refractivity contribution < 1.29 is 24.2 Å². The van der Waals surface area contributed by atoms with Gasteiger partial charge in [-0.3, -0.25) is 9.59 Å². The zero-order chi connectivity index (χ0) is 23.2. The summed E-state index contributed by atoms with van der Waals surface area (Å²) in [5, 5.41) is 9.85. The van der Waals surface area contributed by atoms with Gasteiger partial charge in [-0.2, -0.15) is 0 Å². The molecule has 0 radical (unpaired) electrons. The molecule has 0 fully saturated rings. The Labute approximate surface area is 189 Å². The third-order valence-corrected chi connectivity index (χ3v) is 6.52. The number of aromatic nitrogens is 2. The monoisotopic (exact) mass is 448 g/mol. The first-order chi connectivity index (χ1) is 15.9. The van der Waals surface area contributed by atoms with E-state index in [1.165, 1.54) is 0 Å². The first kappa shape index (κ1) is 21.3. The summed E-state index contributed by atoms with van der Waals surface area (Å²) in [6.07, 6.45) is 1.25. The molecule has 0 bridgehead atoms. The van der Waals surface area contributed by atoms with Gasteiger partial charge in [-0.05, 0) is 37.5 Å². The van der Waals surface area contributed by atoms with Gasteiger partial charge in [0.25, 0.3) is 5.56 Å². The molecule has 2 aliphatic heterocycles. The molecule has 8 heteroatoms. The van der Waals surface area contributed by atoms with E-state index < -0.39 is 17.5 Å². The first-order valence-electron chi connectivity index (χ1n) is 11.1. The van der Waals surface area contributed by atoms with Crippen LogP contribution in [0.5, 0.6) is 0 Å². The fourth-order valence-corrected chi connectivity index (χ4v) is 4.78. The Kier molecular flexibility index (Phi) is 5.25. The van der Waals surface area contributed by atoms with Gasteiger partial charge in [0.2, 0.25) is 0 Å². The number of hydrogen-bond donors (Lipinski definition) is 1. The highest BCUT2D eigenvalue weighted by molar-refractivity contribution is 5.86. The van der Waals surface area contributed by atoms with Crippen LogP contribution in [0.25, 0.3) is 22.3 Å². The predicted octanol–water partition coefficient (Wildman–Crippen LogP) is 3.36. The Morgan fingerprint density at radius 2 is 2.06 bits per heavy atom. The van der Waals surface area contributed by atoms with Crippen LogP contribution in [-0.2, 0) is 37.8 Å². The molecule has 8 nitrogen and oxygen atoms in total. The molecule has 0 saturated heterocycles. The summed E-state index contributed by atoms with van der Waals surface area (Å²) in [5.74, 6) is -1.39. The maximum Gasteiger partial charge on any atom is 0.343 e. The lowest BCUT2D eigenvalue weighted by Crippen LogP contribution is -2.46. The minimum absolute atomic E-state index is 0.0365. The van der Waals surface area contributed by atoms with E-state index in [-0.39, 0.29) is 25.2 Å². The van der Waals surface area contributed by atoms with Crippen LogP contribution < -0.4 is 5.56 Å². The van der Waals surface area contributed by atoms with Crippen LogP contribution in [0.1, 0.15) is 49.3 Å². The normalized spacial score (nSPS) is 18.5. The van der Waals surface area contributed by atoms with E-state index in [9.17, 15) is 14.4 Å². The van der Waals surface area contributed by atoms with E-state index in [4.69, 9.17) is 19.6 Å². The number of carboxylic acid groups (broad SMARTS) is 1. The number of ether oxygens (including phenoxy) is 2. The molecule has 3 aromatic rings. The topological polar surface area (TPSA) is 108 Å². The number of esters is 1. The number of aliphatic carboxylic acids is 1. The average molecular weight is 448 g/mol. The number of unbranched alkanes of at least 4 members (excludes halogenated alkanes) is 1. The van der Waals surface area contributed by atoms with Crippen LogP contribution in [0.15, 0.2) is 41.2 Å². The molecule has 0 spiro atoms. The lowest BCUT2D eigenvalue weighted by molar-refractivity contribution is -0.181. The second-order valence-electron chi connectivity index (χ2n) is 8.46. The molecule has 0 aliphatic carbocycles. The molecule has 1 aromatic carbocycles. The maximum atomic E-state index is 13.5. The molecule has 0 saturated carbocycles. The maximum absolute atomic E-state index is 13.5. The Balaban J connectivity index is 1.58. The van der Waals surface area contributed by atoms with Gasteiger partial charge >= 0.3 is 11.9 Å². The fourth-order valence-electron chi connectivity index (χ4n) is 4.78. The van der Waals surface area contributed by atoms with Gasteiger partial charge in [-0.1, -0.05) is 25.1 Å². The summed E-state index contributed by atoms with van der Waals surface area (Å²) >= 11 is 0. The zero-order valence-electron chi connectivity index (χ0n) is 18.3. The van der Waals surface area contributed by atoms with Gasteiger partial charge in [0.05, 0.1) is 29.0 Å². The van der Waals surface area contributed by atoms with Gasteiger partial charge in [0, 0.05) is 29.5 Å². The smallest absolute Gasteiger partial charge is 0.343 e. The van der Waals surface area contributed by atoms with Gasteiger partial charge in [0.15, 0.2) is 5.60 Å². The third kappa shape index (κ3) is 3.41. The number of benzene rings is 1. The Morgan fingerprint density at radius 1 is 1.24 bits per heavy atom. The van der Waals surface area contributed by atoms with E-state index in [1.54, 1.807) is 4.57 Å². The number of carboxylic acids is 1. The summed E-state index contributed by atoms with van der Waals surface area (Å²) in [6, 6.07) is 11.7. The van der Waals surface area contributed by atoms with Crippen molar-refractivity contribution in [1.29, 1.82) is 0 Å². The second-order valence-corrected chi connectivity index (χ2v) is 8.46. The van der Waals surface area contributed by atoms with Crippen LogP contribution in [0.2, 0.25) is 0 Å². The lowest BCUT2D eigenvalue weighted by atomic mass is 9.85. The minimum Gasteiger partial charge on any atom is -0.481 e. The molecule has 0 unspecified atom stereocenters. The van der Waals surface area contributed by atoms with E-state index in [1.807, 2.05) is 37.3 Å². The first-order valence-corrected chi connectivity index (χ1v) is 11.1. The van der Waals surface area contributed by atoms with Crippen molar-refractivity contribution >= 4 is 22.8 Å². The molecule has 4 heterocycles. The number of fused-ring (bicyclic) bond motifs is 5. The molecule has 2 aromatic heterocycles. The van der Waals surface area contributed by atoms with Crippen molar-refractivity contribution in [2.75, 3.05) is 6.61 Å². The molecule has 1 atom stereocenters. The standard InChI is InChI=1S/C25H24N2O6/c1-2-25(33-10-6-5-9-21(28)29)18-12-20-22-16(11-15-7-3-4-8-19(15)26-22)13-27(20)23(30)17(18)14-32-24(25)31/h3-4,7-8,11-12H,2,5-6,9-10,13-14H2,1H3,(H,28,29)/t25-/m0/s1. The van der Waals surface area contributed by atoms with Crippen molar-refractivity contribution in [2.24, 2.45) is 0 Å². The Hall–Kier alpha value is -3.52. The number of cyclic esters (lactones) is 1. The van der Waals surface area contributed by atoms with Crippen molar-refractivity contribution in [2.45, 2.75) is 51.4 Å². The molecular weight excluding hydrogens is 424 g/mol. The molecule has 1 N–H and O–H groups in total. The minimum atomic E-state index is -1.40. The van der Waals surface area contributed by atoms with Crippen molar-refractivity contribution in [3.63, 3.8) is 0 Å². The van der Waals surface area contributed by atoms with Crippen molar-refractivity contribution in [3.8, 4) is 11.4 Å². The van der Waals surface area contributed by atoms with E-state index in [2.05, 4.69) is 6.07 Å². The highest BCUT2D eigenvalue weighted by Gasteiger charge is 2.48. The van der Waals surface area contributed by atoms with Gasteiger partial charge in [0.1, 0.15) is 6.61 Å². The van der Waals surface area contributed by atoms with E-state index in [0.29, 0.717) is 42.6 Å². The molecule has 170 valence electrons. The summed E-state index contributed by atoms with van der Waals surface area (Å²) in [5.41, 5.74) is 2.54. The Bertz CT molecular complexity index is 1340.